The van der Waals surface area contributed by atoms with E-state index in [-0.39, 0.29) is 41.0 Å². The minimum absolute atomic E-state index is 0.00454. The van der Waals surface area contributed by atoms with Gasteiger partial charge in [0, 0.05) is 19.2 Å². The molecule has 2 fully saturated rings. The van der Waals surface area contributed by atoms with Gasteiger partial charge in [-0.25, -0.2) is 18.3 Å². The number of carbonyl (C=O) groups is 1. The fourth-order valence-electron chi connectivity index (χ4n) is 3.64. The molecule has 2 unspecified atom stereocenters. The first-order valence-electron chi connectivity index (χ1n) is 9.79. The second-order valence-electron chi connectivity index (χ2n) is 7.34. The summed E-state index contributed by atoms with van der Waals surface area (Å²) in [6.07, 6.45) is 4.14. The van der Waals surface area contributed by atoms with Crippen LogP contribution in [0.1, 0.15) is 39.0 Å². The summed E-state index contributed by atoms with van der Waals surface area (Å²) in [4.78, 5) is 26.6. The first-order valence-corrected chi connectivity index (χ1v) is 12.6. The molecule has 28 heavy (non-hydrogen) atoms. The van der Waals surface area contributed by atoms with Crippen LogP contribution in [-0.2, 0) is 25.9 Å². The van der Waals surface area contributed by atoms with Crippen molar-refractivity contribution in [3.05, 3.63) is 10.5 Å². The molecule has 1 aromatic heterocycles. The number of aromatic amines is 1. The molecule has 0 radical (unpaired) electrons. The summed E-state index contributed by atoms with van der Waals surface area (Å²) in [6, 6.07) is -0.252. The zero-order chi connectivity index (χ0) is 20.1. The average Bonchev–Trinajstić information content (AvgIpc) is 3.37. The summed E-state index contributed by atoms with van der Waals surface area (Å²) in [5.41, 5.74) is -0.310. The molecule has 0 bridgehead atoms. The Balaban J connectivity index is 1.63. The third kappa shape index (κ3) is 5.38. The first kappa shape index (κ1) is 21.4. The van der Waals surface area contributed by atoms with Crippen LogP contribution in [0.15, 0.2) is 9.95 Å². The molecular weight excluding hydrogens is 404 g/mol. The standard InChI is InChI=1S/C17H28N4O5S2/c1-2-3-7-20(13-6-9-28(24,25)12-13)15(22)11-27-17-19-18-16(23)21(17)10-14-5-4-8-26-14/h13-14H,2-12H2,1H3,(H,18,23). The predicted molar refractivity (Wildman–Crippen MR) is 106 cm³/mol. The van der Waals surface area contributed by atoms with E-state index in [0.29, 0.717) is 31.3 Å². The van der Waals surface area contributed by atoms with E-state index in [2.05, 4.69) is 10.2 Å². The Labute approximate surface area is 169 Å². The number of thioether (sulfide) groups is 1. The maximum Gasteiger partial charge on any atom is 0.344 e. The summed E-state index contributed by atoms with van der Waals surface area (Å²) in [5, 5.41) is 6.94. The molecule has 11 heteroatoms. The van der Waals surface area contributed by atoms with Crippen molar-refractivity contribution in [1.82, 2.24) is 19.7 Å². The van der Waals surface area contributed by atoms with Gasteiger partial charge in [0.15, 0.2) is 15.0 Å². The number of H-pyrrole nitrogens is 1. The molecule has 0 aliphatic carbocycles. The van der Waals surface area contributed by atoms with E-state index in [4.69, 9.17) is 4.74 Å². The molecule has 1 N–H and O–H groups in total. The number of hydrogen-bond donors (Lipinski definition) is 1. The van der Waals surface area contributed by atoms with E-state index in [9.17, 15) is 18.0 Å². The lowest BCUT2D eigenvalue weighted by Gasteiger charge is -2.28. The number of aromatic nitrogens is 3. The summed E-state index contributed by atoms with van der Waals surface area (Å²) >= 11 is 1.20. The van der Waals surface area contributed by atoms with E-state index in [0.717, 1.165) is 25.7 Å². The quantitative estimate of drug-likeness (QED) is 0.570. The number of rotatable bonds is 9. The van der Waals surface area contributed by atoms with Gasteiger partial charge in [0.05, 0.1) is 29.9 Å². The third-order valence-electron chi connectivity index (χ3n) is 5.18. The van der Waals surface area contributed by atoms with Crippen LogP contribution in [-0.4, -0.2) is 76.5 Å². The lowest BCUT2D eigenvalue weighted by Crippen LogP contribution is -2.42. The highest BCUT2D eigenvalue weighted by Crippen LogP contribution is 2.22. The average molecular weight is 433 g/mol. The number of nitrogens with zero attached hydrogens (tertiary/aromatic N) is 3. The smallest absolute Gasteiger partial charge is 0.344 e. The molecule has 9 nitrogen and oxygen atoms in total. The Morgan fingerprint density at radius 3 is 2.89 bits per heavy atom. The number of unbranched alkanes of at least 4 members (excludes halogenated alkanes) is 1. The highest BCUT2D eigenvalue weighted by atomic mass is 32.2. The molecule has 0 aromatic carbocycles. The Morgan fingerprint density at radius 2 is 2.25 bits per heavy atom. The van der Waals surface area contributed by atoms with Crippen LogP contribution >= 0.6 is 11.8 Å². The van der Waals surface area contributed by atoms with Crippen LogP contribution in [0.25, 0.3) is 0 Å². The number of amides is 1. The minimum atomic E-state index is -3.06. The van der Waals surface area contributed by atoms with Crippen molar-refractivity contribution in [3.8, 4) is 0 Å². The molecule has 1 aromatic rings. The van der Waals surface area contributed by atoms with Gasteiger partial charge in [0.1, 0.15) is 0 Å². The van der Waals surface area contributed by atoms with Gasteiger partial charge < -0.3 is 9.64 Å². The number of ether oxygens (including phenoxy) is 1. The van der Waals surface area contributed by atoms with Crippen LogP contribution in [0.5, 0.6) is 0 Å². The third-order valence-corrected chi connectivity index (χ3v) is 7.89. The fraction of sp³-hybridized carbons (Fsp3) is 0.824. The summed E-state index contributed by atoms with van der Waals surface area (Å²) in [6.45, 7) is 3.72. The molecule has 2 saturated heterocycles. The molecule has 1 amide bonds. The Morgan fingerprint density at radius 1 is 1.43 bits per heavy atom. The predicted octanol–water partition coefficient (Wildman–Crippen LogP) is 0.658. The highest BCUT2D eigenvalue weighted by Gasteiger charge is 2.34. The highest BCUT2D eigenvalue weighted by molar-refractivity contribution is 7.99. The monoisotopic (exact) mass is 432 g/mol. The van der Waals surface area contributed by atoms with Crippen molar-refractivity contribution in [3.63, 3.8) is 0 Å². The fourth-order valence-corrected chi connectivity index (χ4v) is 6.21. The summed E-state index contributed by atoms with van der Waals surface area (Å²) < 4.78 is 30.8. The maximum absolute atomic E-state index is 12.8. The summed E-state index contributed by atoms with van der Waals surface area (Å²) in [5.74, 6) is 0.191. The number of sulfone groups is 1. The van der Waals surface area contributed by atoms with Gasteiger partial charge in [-0.3, -0.25) is 9.36 Å². The maximum atomic E-state index is 12.8. The SMILES string of the molecule is CCCCN(C(=O)CSc1n[nH]c(=O)n1CC1CCCO1)C1CCS(=O)(=O)C1. The second-order valence-corrected chi connectivity index (χ2v) is 10.5. The largest absolute Gasteiger partial charge is 0.376 e. The van der Waals surface area contributed by atoms with Gasteiger partial charge in [-0.15, -0.1) is 5.10 Å². The van der Waals surface area contributed by atoms with E-state index in [1.54, 1.807) is 4.90 Å². The zero-order valence-electron chi connectivity index (χ0n) is 16.1. The van der Waals surface area contributed by atoms with Crippen LogP contribution in [0.4, 0.5) is 0 Å². The lowest BCUT2D eigenvalue weighted by atomic mass is 10.2. The van der Waals surface area contributed by atoms with Gasteiger partial charge in [-0.1, -0.05) is 25.1 Å². The Kier molecular flexibility index (Phi) is 7.21. The van der Waals surface area contributed by atoms with Gasteiger partial charge in [-0.05, 0) is 25.7 Å². The van der Waals surface area contributed by atoms with Gasteiger partial charge in [-0.2, -0.15) is 0 Å². The topological polar surface area (TPSA) is 114 Å². The summed E-state index contributed by atoms with van der Waals surface area (Å²) in [7, 11) is -3.06. The molecule has 0 saturated carbocycles. The van der Waals surface area contributed by atoms with E-state index in [1.807, 2.05) is 6.92 Å². The van der Waals surface area contributed by atoms with Crippen LogP contribution in [0, 0.1) is 0 Å². The molecule has 0 spiro atoms. The van der Waals surface area contributed by atoms with Gasteiger partial charge in [0.2, 0.25) is 5.91 Å². The van der Waals surface area contributed by atoms with Crippen molar-refractivity contribution in [2.75, 3.05) is 30.4 Å². The molecular formula is C17H28N4O5S2. The molecule has 158 valence electrons. The molecule has 2 atom stereocenters. The van der Waals surface area contributed by atoms with E-state index < -0.39 is 9.84 Å². The molecule has 2 aliphatic rings. The zero-order valence-corrected chi connectivity index (χ0v) is 17.8. The second kappa shape index (κ2) is 9.45. The van der Waals surface area contributed by atoms with Crippen molar-refractivity contribution in [2.24, 2.45) is 0 Å². The van der Waals surface area contributed by atoms with Gasteiger partial charge >= 0.3 is 5.69 Å². The molecule has 3 heterocycles. The first-order chi connectivity index (χ1) is 13.4. The normalized spacial score (nSPS) is 23.9. The number of carbonyl (C=O) groups excluding carboxylic acids is 1. The van der Waals surface area contributed by atoms with Crippen molar-refractivity contribution < 1.29 is 17.9 Å². The molecule has 3 rings (SSSR count). The number of nitrogens with one attached hydrogen (secondary N) is 1. The van der Waals surface area contributed by atoms with Crippen molar-refractivity contribution in [2.45, 2.75) is 62.9 Å². The number of hydrogen-bond acceptors (Lipinski definition) is 7. The Bertz CT molecular complexity index is 829. The minimum Gasteiger partial charge on any atom is -0.376 e. The van der Waals surface area contributed by atoms with Gasteiger partial charge in [0.25, 0.3) is 0 Å². The lowest BCUT2D eigenvalue weighted by molar-refractivity contribution is -0.130. The van der Waals surface area contributed by atoms with E-state index in [1.165, 1.54) is 16.3 Å². The van der Waals surface area contributed by atoms with Crippen LogP contribution in [0.2, 0.25) is 0 Å². The Hall–Kier alpha value is -1.33. The van der Waals surface area contributed by atoms with Crippen molar-refractivity contribution >= 4 is 27.5 Å². The van der Waals surface area contributed by atoms with Crippen molar-refractivity contribution in [1.29, 1.82) is 0 Å². The molecule has 2 aliphatic heterocycles. The van der Waals surface area contributed by atoms with Crippen LogP contribution in [0.3, 0.4) is 0 Å². The van der Waals surface area contributed by atoms with Crippen LogP contribution < -0.4 is 5.69 Å². The van der Waals surface area contributed by atoms with E-state index >= 15 is 0 Å².